The van der Waals surface area contributed by atoms with Crippen molar-refractivity contribution in [2.75, 3.05) is 18.0 Å². The van der Waals surface area contributed by atoms with Crippen molar-refractivity contribution in [2.45, 2.75) is 19.4 Å². The smallest absolute Gasteiger partial charge is 0.172 e. The van der Waals surface area contributed by atoms with Gasteiger partial charge in [-0.25, -0.2) is 4.39 Å². The second kappa shape index (κ2) is 5.44. The fourth-order valence-electron chi connectivity index (χ4n) is 2.40. The van der Waals surface area contributed by atoms with Gasteiger partial charge in [-0.05, 0) is 30.5 Å². The molecular formula is C13H18FN3O2. The van der Waals surface area contributed by atoms with Crippen LogP contribution in [0.5, 0.6) is 0 Å². The van der Waals surface area contributed by atoms with E-state index in [-0.39, 0.29) is 17.9 Å². The largest absolute Gasteiger partial charge is 0.409 e. The number of benzene rings is 1. The Kier molecular flexibility index (Phi) is 3.90. The maximum absolute atomic E-state index is 13.3. The van der Waals surface area contributed by atoms with Gasteiger partial charge in [0, 0.05) is 24.3 Å². The highest BCUT2D eigenvalue weighted by Gasteiger charge is 2.26. The average molecular weight is 267 g/mol. The van der Waals surface area contributed by atoms with E-state index in [0.717, 1.165) is 5.69 Å². The van der Waals surface area contributed by atoms with Crippen LogP contribution in [0.1, 0.15) is 18.9 Å². The SMILES string of the molecule is CC1CN(c2ccc(F)cc2/C(N)=N/O)CCC1O. The Morgan fingerprint density at radius 3 is 2.89 bits per heavy atom. The first-order valence-corrected chi connectivity index (χ1v) is 6.23. The summed E-state index contributed by atoms with van der Waals surface area (Å²) in [6.07, 6.45) is 0.331. The zero-order chi connectivity index (χ0) is 14.0. The third-order valence-electron chi connectivity index (χ3n) is 3.54. The molecule has 0 amide bonds. The minimum atomic E-state index is -0.435. The summed E-state index contributed by atoms with van der Waals surface area (Å²) < 4.78 is 13.3. The predicted molar refractivity (Wildman–Crippen MR) is 70.9 cm³/mol. The highest BCUT2D eigenvalue weighted by molar-refractivity contribution is 6.02. The van der Waals surface area contributed by atoms with E-state index in [4.69, 9.17) is 10.9 Å². The van der Waals surface area contributed by atoms with E-state index in [1.165, 1.54) is 12.1 Å². The number of nitrogens with two attached hydrogens (primary N) is 1. The van der Waals surface area contributed by atoms with Gasteiger partial charge in [-0.2, -0.15) is 0 Å². The molecule has 2 unspecified atom stereocenters. The molecule has 104 valence electrons. The van der Waals surface area contributed by atoms with Gasteiger partial charge in [0.05, 0.1) is 6.10 Å². The zero-order valence-corrected chi connectivity index (χ0v) is 10.8. The molecule has 19 heavy (non-hydrogen) atoms. The monoisotopic (exact) mass is 267 g/mol. The van der Waals surface area contributed by atoms with Crippen LogP contribution in [0.3, 0.4) is 0 Å². The molecule has 0 bridgehead atoms. The number of nitrogens with zero attached hydrogens (tertiary/aromatic N) is 2. The highest BCUT2D eigenvalue weighted by Crippen LogP contribution is 2.27. The van der Waals surface area contributed by atoms with Gasteiger partial charge in [0.15, 0.2) is 5.84 Å². The van der Waals surface area contributed by atoms with E-state index >= 15 is 0 Å². The van der Waals surface area contributed by atoms with E-state index in [0.29, 0.717) is 25.1 Å². The molecule has 1 aromatic carbocycles. The van der Waals surface area contributed by atoms with Gasteiger partial charge in [-0.15, -0.1) is 0 Å². The van der Waals surface area contributed by atoms with E-state index in [1.807, 2.05) is 11.8 Å². The van der Waals surface area contributed by atoms with Crippen LogP contribution in [0.4, 0.5) is 10.1 Å². The number of hydrogen-bond acceptors (Lipinski definition) is 4. The molecule has 0 aromatic heterocycles. The van der Waals surface area contributed by atoms with Crippen molar-refractivity contribution in [1.29, 1.82) is 0 Å². The molecule has 2 atom stereocenters. The molecule has 2 rings (SSSR count). The topological polar surface area (TPSA) is 82.1 Å². The van der Waals surface area contributed by atoms with Gasteiger partial charge in [-0.3, -0.25) is 0 Å². The number of hydrogen-bond donors (Lipinski definition) is 3. The molecule has 1 aliphatic rings. The number of rotatable bonds is 2. The lowest BCUT2D eigenvalue weighted by Crippen LogP contribution is -2.42. The van der Waals surface area contributed by atoms with Gasteiger partial charge < -0.3 is 20.9 Å². The predicted octanol–water partition coefficient (Wildman–Crippen LogP) is 1.13. The van der Waals surface area contributed by atoms with Crippen molar-refractivity contribution in [3.8, 4) is 0 Å². The Morgan fingerprint density at radius 2 is 2.26 bits per heavy atom. The number of anilines is 1. The standard InChI is InChI=1S/C13H18FN3O2/c1-8-7-17(5-4-12(8)18)11-3-2-9(14)6-10(11)13(15)16-19/h2-3,6,8,12,18-19H,4-5,7H2,1H3,(H2,15,16). The lowest BCUT2D eigenvalue weighted by Gasteiger charge is -2.36. The number of amidine groups is 1. The number of piperidine rings is 1. The third kappa shape index (κ3) is 2.78. The van der Waals surface area contributed by atoms with Crippen molar-refractivity contribution >= 4 is 11.5 Å². The van der Waals surface area contributed by atoms with Crippen LogP contribution in [-0.4, -0.2) is 35.3 Å². The first-order valence-electron chi connectivity index (χ1n) is 6.23. The Labute approximate surface area is 111 Å². The number of aliphatic hydroxyl groups is 1. The third-order valence-corrected chi connectivity index (χ3v) is 3.54. The molecule has 1 aromatic rings. The van der Waals surface area contributed by atoms with Gasteiger partial charge in [-0.1, -0.05) is 12.1 Å². The van der Waals surface area contributed by atoms with E-state index in [1.54, 1.807) is 6.07 Å². The summed E-state index contributed by atoms with van der Waals surface area (Å²) in [6, 6.07) is 4.21. The fraction of sp³-hybridized carbons (Fsp3) is 0.462. The summed E-state index contributed by atoms with van der Waals surface area (Å²) in [5.74, 6) is -0.428. The maximum atomic E-state index is 13.3. The lowest BCUT2D eigenvalue weighted by molar-refractivity contribution is 0.0971. The Morgan fingerprint density at radius 1 is 1.53 bits per heavy atom. The average Bonchev–Trinajstić information content (AvgIpc) is 2.41. The van der Waals surface area contributed by atoms with Crippen LogP contribution in [0, 0.1) is 11.7 Å². The summed E-state index contributed by atoms with van der Waals surface area (Å²) in [6.45, 7) is 3.27. The van der Waals surface area contributed by atoms with Gasteiger partial charge >= 0.3 is 0 Å². The first kappa shape index (κ1) is 13.6. The second-order valence-corrected chi connectivity index (χ2v) is 4.93. The van der Waals surface area contributed by atoms with Crippen molar-refractivity contribution in [2.24, 2.45) is 16.8 Å². The lowest BCUT2D eigenvalue weighted by atomic mass is 9.95. The Bertz CT molecular complexity index is 493. The van der Waals surface area contributed by atoms with Crippen molar-refractivity contribution in [1.82, 2.24) is 0 Å². The molecule has 6 heteroatoms. The summed E-state index contributed by atoms with van der Waals surface area (Å²) in [5, 5.41) is 21.5. The normalized spacial score (nSPS) is 24.6. The summed E-state index contributed by atoms with van der Waals surface area (Å²) in [4.78, 5) is 2.02. The van der Waals surface area contributed by atoms with Crippen molar-refractivity contribution in [3.05, 3.63) is 29.6 Å². The highest BCUT2D eigenvalue weighted by atomic mass is 19.1. The van der Waals surface area contributed by atoms with Gasteiger partial charge in [0.2, 0.25) is 0 Å². The van der Waals surface area contributed by atoms with E-state index in [2.05, 4.69) is 5.16 Å². The summed E-state index contributed by atoms with van der Waals surface area (Å²) >= 11 is 0. The van der Waals surface area contributed by atoms with Crippen LogP contribution in [0.15, 0.2) is 23.4 Å². The van der Waals surface area contributed by atoms with Gasteiger partial charge in [0.1, 0.15) is 5.82 Å². The zero-order valence-electron chi connectivity index (χ0n) is 10.8. The number of halogens is 1. The molecule has 1 fully saturated rings. The molecule has 4 N–H and O–H groups in total. The van der Waals surface area contributed by atoms with Crippen LogP contribution in [0.25, 0.3) is 0 Å². The van der Waals surface area contributed by atoms with Crippen LogP contribution in [-0.2, 0) is 0 Å². The molecule has 0 spiro atoms. The Hall–Kier alpha value is -1.82. The van der Waals surface area contributed by atoms with Crippen LogP contribution >= 0.6 is 0 Å². The fourth-order valence-corrected chi connectivity index (χ4v) is 2.40. The molecular weight excluding hydrogens is 249 g/mol. The molecule has 1 aliphatic heterocycles. The summed E-state index contributed by atoms with van der Waals surface area (Å²) in [7, 11) is 0. The molecule has 1 saturated heterocycles. The van der Waals surface area contributed by atoms with Crippen LogP contribution < -0.4 is 10.6 Å². The number of aliphatic hydroxyl groups excluding tert-OH is 1. The maximum Gasteiger partial charge on any atom is 0.172 e. The molecule has 1 heterocycles. The van der Waals surface area contributed by atoms with Gasteiger partial charge in [0.25, 0.3) is 0 Å². The van der Waals surface area contributed by atoms with E-state index < -0.39 is 5.82 Å². The molecule has 5 nitrogen and oxygen atoms in total. The second-order valence-electron chi connectivity index (χ2n) is 4.93. The van der Waals surface area contributed by atoms with Crippen LogP contribution in [0.2, 0.25) is 0 Å². The minimum absolute atomic E-state index is 0.117. The molecule has 0 aliphatic carbocycles. The molecule has 0 radical (unpaired) electrons. The number of oxime groups is 1. The quantitative estimate of drug-likeness (QED) is 0.325. The minimum Gasteiger partial charge on any atom is -0.409 e. The summed E-state index contributed by atoms with van der Waals surface area (Å²) in [5.41, 5.74) is 6.67. The van der Waals surface area contributed by atoms with Crippen molar-refractivity contribution in [3.63, 3.8) is 0 Å². The Balaban J connectivity index is 2.34. The van der Waals surface area contributed by atoms with Crippen molar-refractivity contribution < 1.29 is 14.7 Å². The van der Waals surface area contributed by atoms with E-state index in [9.17, 15) is 9.50 Å². The molecule has 0 saturated carbocycles. The first-order chi connectivity index (χ1) is 9.02.